The normalized spacial score (nSPS) is 99.9. The van der Waals surface area contributed by atoms with Gasteiger partial charge in [-0.3, -0.25) is 4.79 Å². The highest BCUT2D eigenvalue weighted by molar-refractivity contribution is 5.89. The Hall–Kier alpha value is -0.330. The van der Waals surface area contributed by atoms with E-state index in [0.717, 1.165) is 100 Å². The van der Waals surface area contributed by atoms with Crippen molar-refractivity contribution in [2.75, 3.05) is 0 Å². The molecule has 1 nitrogen and oxygen atoms in total. The molecule has 0 aliphatic heterocycles. The van der Waals surface area contributed by atoms with Crippen LogP contribution in [0.4, 0.5) is 0 Å². The smallest absolute Gasteiger partial charge is 0.140 e. The van der Waals surface area contributed by atoms with Gasteiger partial charge in [-0.1, -0.05) is 0 Å². The molecule has 12 aliphatic carbocycles. The van der Waals surface area contributed by atoms with Gasteiger partial charge in [0.05, 0.1) is 0 Å². The summed E-state index contributed by atoms with van der Waals surface area (Å²) in [6.45, 7) is 0. The molecule has 12 fully saturated rings. The molecule has 0 amide bonds. The van der Waals surface area contributed by atoms with Crippen molar-refractivity contribution in [3.63, 3.8) is 0 Å². The molecule has 0 radical (unpaired) electrons. The molecule has 22 heavy (non-hydrogen) atoms. The SMILES string of the molecule is O=C1C2[C@@H]3C4C5[C@H]6C7C8[C@@H]5[C@@H]5[C@@H]4C1[C@H]1C4C([C@H]7[C@H]([C@H]24)[C@H]63)[C@@H]8[C@@H]15. The predicted molar refractivity (Wildman–Crippen MR) is 74.8 cm³/mol. The molecule has 110 valence electrons. The number of rotatable bonds is 0. The first-order valence-corrected chi connectivity index (χ1v) is 10.4. The summed E-state index contributed by atoms with van der Waals surface area (Å²) in [4.78, 5) is 13.5. The minimum atomic E-state index is 0.620. The van der Waals surface area contributed by atoms with Gasteiger partial charge in [-0.25, -0.2) is 0 Å². The number of ketones is 1. The second-order valence-corrected chi connectivity index (χ2v) is 11.8. The Labute approximate surface area is 129 Å². The Bertz CT molecular complexity index is 684. The third kappa shape index (κ3) is 0.448. The van der Waals surface area contributed by atoms with E-state index in [-0.39, 0.29) is 0 Å². The van der Waals surface area contributed by atoms with E-state index in [4.69, 9.17) is 0 Å². The van der Waals surface area contributed by atoms with Gasteiger partial charge in [0.2, 0.25) is 0 Å². The Morgan fingerprint density at radius 2 is 0.500 bits per heavy atom. The van der Waals surface area contributed by atoms with Gasteiger partial charge in [-0.05, 0) is 107 Å². The van der Waals surface area contributed by atoms with E-state index >= 15 is 0 Å². The largest absolute Gasteiger partial charge is 0.299 e. The maximum Gasteiger partial charge on any atom is 0.140 e. The van der Waals surface area contributed by atoms with Crippen molar-refractivity contribution in [2.45, 2.75) is 0 Å². The first-order chi connectivity index (χ1) is 10.9. The summed E-state index contributed by atoms with van der Waals surface area (Å²) in [5, 5.41) is 0. The monoisotopic (exact) mass is 288 g/mol. The summed E-state index contributed by atoms with van der Waals surface area (Å²) in [7, 11) is 0. The Morgan fingerprint density at radius 3 is 0.773 bits per heavy atom. The highest BCUT2D eigenvalue weighted by atomic mass is 16.1. The lowest BCUT2D eigenvalue weighted by molar-refractivity contribution is -0.147. The average molecular weight is 288 g/mol. The fourth-order valence-electron chi connectivity index (χ4n) is 15.2. The fraction of sp³-hybridized carbons (Fsp3) is 0.952. The van der Waals surface area contributed by atoms with Crippen molar-refractivity contribution < 1.29 is 4.79 Å². The van der Waals surface area contributed by atoms with Crippen LogP contribution in [0.15, 0.2) is 0 Å². The molecule has 1 heteroatoms. The number of hydrogen-bond acceptors (Lipinski definition) is 1. The second kappa shape index (κ2) is 2.04. The summed E-state index contributed by atoms with van der Waals surface area (Å²) in [6, 6.07) is 0. The zero-order valence-electron chi connectivity index (χ0n) is 12.5. The number of carbonyl (C=O) groups is 1. The third-order valence-electron chi connectivity index (χ3n) is 13.4. The van der Waals surface area contributed by atoms with Crippen molar-refractivity contribution in [2.24, 2.45) is 118 Å². The number of Topliss-reactive ketones (excluding diaryl/α,β-unsaturated/α-hetero) is 1. The Morgan fingerprint density at radius 1 is 0.318 bits per heavy atom. The molecule has 0 spiro atoms. The van der Waals surface area contributed by atoms with Crippen LogP contribution < -0.4 is 0 Å². The van der Waals surface area contributed by atoms with E-state index in [0.29, 0.717) is 11.8 Å². The van der Waals surface area contributed by atoms with Gasteiger partial charge in [-0.15, -0.1) is 0 Å². The lowest BCUT2D eigenvalue weighted by Crippen LogP contribution is -2.53. The minimum Gasteiger partial charge on any atom is -0.299 e. The first kappa shape index (κ1) is 9.23. The van der Waals surface area contributed by atoms with Crippen molar-refractivity contribution in [1.29, 1.82) is 0 Å². The van der Waals surface area contributed by atoms with Crippen LogP contribution in [0.25, 0.3) is 0 Å². The summed E-state index contributed by atoms with van der Waals surface area (Å²) in [5.74, 6) is 21.8. The molecule has 8 unspecified atom stereocenters. The van der Waals surface area contributed by atoms with Crippen LogP contribution in [-0.4, -0.2) is 5.78 Å². The lowest BCUT2D eigenvalue weighted by Gasteiger charge is -2.49. The van der Waals surface area contributed by atoms with Gasteiger partial charge >= 0.3 is 0 Å². The van der Waals surface area contributed by atoms with Crippen LogP contribution >= 0.6 is 0 Å². The van der Waals surface area contributed by atoms with Crippen molar-refractivity contribution in [1.82, 2.24) is 0 Å². The molecule has 0 aromatic heterocycles. The molecule has 0 saturated heterocycles. The zero-order chi connectivity index (χ0) is 13.1. The zero-order valence-corrected chi connectivity index (χ0v) is 12.5. The van der Waals surface area contributed by atoms with E-state index in [9.17, 15) is 4.79 Å². The summed E-state index contributed by atoms with van der Waals surface area (Å²) in [6.07, 6.45) is 0. The molecule has 0 N–H and O–H groups in total. The summed E-state index contributed by atoms with van der Waals surface area (Å²) in [5.41, 5.74) is 0. The van der Waals surface area contributed by atoms with E-state index in [2.05, 4.69) is 0 Å². The topological polar surface area (TPSA) is 17.1 Å². The van der Waals surface area contributed by atoms with E-state index in [1.54, 1.807) is 0 Å². The van der Waals surface area contributed by atoms with Crippen LogP contribution in [-0.2, 0) is 4.79 Å². The van der Waals surface area contributed by atoms with E-state index in [1.165, 1.54) is 11.8 Å². The maximum atomic E-state index is 13.5. The van der Waals surface area contributed by atoms with Gasteiger partial charge < -0.3 is 0 Å². The molecular formula is C21H20O. The molecule has 20 atom stereocenters. The Kier molecular flexibility index (Phi) is 0.854. The third-order valence-corrected chi connectivity index (χ3v) is 13.4. The average Bonchev–Trinajstić information content (AvgIpc) is 3.20. The van der Waals surface area contributed by atoms with Crippen molar-refractivity contribution in [3.05, 3.63) is 0 Å². The first-order valence-electron chi connectivity index (χ1n) is 10.4. The molecule has 12 saturated carbocycles. The van der Waals surface area contributed by atoms with Gasteiger partial charge in [0.1, 0.15) is 5.78 Å². The Balaban J connectivity index is 1.47. The fourth-order valence-corrected chi connectivity index (χ4v) is 15.2. The maximum absolute atomic E-state index is 13.5. The summed E-state index contributed by atoms with van der Waals surface area (Å²) >= 11 is 0. The number of hydrogen-bond donors (Lipinski definition) is 0. The quantitative estimate of drug-likeness (QED) is 0.666. The summed E-state index contributed by atoms with van der Waals surface area (Å²) < 4.78 is 0. The van der Waals surface area contributed by atoms with Crippen molar-refractivity contribution in [3.8, 4) is 0 Å². The highest BCUT2D eigenvalue weighted by Crippen LogP contribution is 2.99. The predicted octanol–water partition coefficient (Wildman–Crippen LogP) is 2.03. The molecule has 12 aliphatic rings. The molecule has 0 aromatic carbocycles. The van der Waals surface area contributed by atoms with Gasteiger partial charge in [0.15, 0.2) is 0 Å². The minimum absolute atomic E-state index is 0.620. The van der Waals surface area contributed by atoms with Crippen LogP contribution in [0.2, 0.25) is 0 Å². The molecular weight excluding hydrogens is 268 g/mol. The highest BCUT2D eigenvalue weighted by Gasteiger charge is 2.97. The second-order valence-electron chi connectivity index (χ2n) is 11.8. The molecule has 2 bridgehead atoms. The molecule has 0 aromatic rings. The van der Waals surface area contributed by atoms with Crippen LogP contribution in [0.1, 0.15) is 0 Å². The van der Waals surface area contributed by atoms with Crippen LogP contribution in [0, 0.1) is 118 Å². The number of carbonyl (C=O) groups excluding carboxylic acids is 1. The lowest BCUT2D eigenvalue weighted by atomic mass is 9.53. The van der Waals surface area contributed by atoms with E-state index in [1.807, 2.05) is 0 Å². The van der Waals surface area contributed by atoms with E-state index < -0.39 is 0 Å². The van der Waals surface area contributed by atoms with Gasteiger partial charge in [0, 0.05) is 11.8 Å². The molecule has 0 heterocycles. The molecule has 12 rings (SSSR count). The van der Waals surface area contributed by atoms with Gasteiger partial charge in [0.25, 0.3) is 0 Å². The standard InChI is InChI=1S/C21H20O/c22-21-19-15-9-3-1-2-5-7(3)13(15)17-11(5)12-6(2)8-4(1)10(9)16(19)14(8)18(12)20(17)21/h1-20H/t1?,2?,3-,4+,5+,6-,7?,8?,9-,10-,11+,12-,13?,14?,15-,16-,17+,18-,19?,20?/m0/s1. The van der Waals surface area contributed by atoms with Crippen LogP contribution in [0.3, 0.4) is 0 Å². The van der Waals surface area contributed by atoms with Crippen LogP contribution in [0.5, 0.6) is 0 Å². The van der Waals surface area contributed by atoms with Gasteiger partial charge in [-0.2, -0.15) is 0 Å². The van der Waals surface area contributed by atoms with Crippen molar-refractivity contribution >= 4 is 5.78 Å².